The zero-order valence-corrected chi connectivity index (χ0v) is 35.2. The molecule has 7 heteroatoms. The second kappa shape index (κ2) is 15.7. The maximum atomic E-state index is 6.80. The Kier molecular flexibility index (Phi) is 10.1. The van der Waals surface area contributed by atoms with Gasteiger partial charge >= 0.3 is 0 Å². The summed E-state index contributed by atoms with van der Waals surface area (Å²) in [6.45, 7) is 9.41. The molecule has 0 saturated carbocycles. The predicted octanol–water partition coefficient (Wildman–Crippen LogP) is 12.9. The van der Waals surface area contributed by atoms with Gasteiger partial charge in [0.25, 0.3) is 0 Å². The molecule has 0 N–H and O–H groups in total. The minimum atomic E-state index is -0.155. The van der Waals surface area contributed by atoms with Gasteiger partial charge in [0.05, 0.1) is 5.69 Å². The van der Waals surface area contributed by atoms with Crippen molar-refractivity contribution in [2.75, 3.05) is 9.80 Å². The number of ether oxygens (including phenoxy) is 1. The van der Waals surface area contributed by atoms with Crippen LogP contribution in [0, 0.1) is 18.8 Å². The molecular formula is C52H40N5OPt-3. The smallest absolute Gasteiger partial charge is 0.232 e. The van der Waals surface area contributed by atoms with Crippen molar-refractivity contribution in [2.24, 2.45) is 0 Å². The average molecular weight is 946 g/mol. The van der Waals surface area contributed by atoms with Gasteiger partial charge in [0.2, 0.25) is 5.95 Å². The Hall–Kier alpha value is -6.49. The fourth-order valence-electron chi connectivity index (χ4n) is 7.78. The molecule has 0 atom stereocenters. The summed E-state index contributed by atoms with van der Waals surface area (Å²) < 4.78 is 8.90. The number of hydrogen-bond acceptors (Lipinski definition) is 5. The van der Waals surface area contributed by atoms with Crippen molar-refractivity contribution >= 4 is 38.9 Å². The van der Waals surface area contributed by atoms with Gasteiger partial charge in [-0.2, -0.15) is 12.7 Å². The van der Waals surface area contributed by atoms with Crippen LogP contribution < -0.4 is 14.5 Å². The van der Waals surface area contributed by atoms with E-state index in [-0.39, 0.29) is 26.5 Å². The van der Waals surface area contributed by atoms with Crippen molar-refractivity contribution in [2.45, 2.75) is 32.7 Å². The van der Waals surface area contributed by atoms with E-state index in [0.29, 0.717) is 17.4 Å². The first-order valence-electron chi connectivity index (χ1n) is 19.6. The van der Waals surface area contributed by atoms with Gasteiger partial charge in [-0.05, 0) is 51.9 Å². The molecule has 7 aromatic carbocycles. The van der Waals surface area contributed by atoms with Crippen molar-refractivity contribution < 1.29 is 25.8 Å². The van der Waals surface area contributed by atoms with Crippen LogP contribution in [-0.2, 0) is 33.0 Å². The number of nitrogens with zero attached hydrogens (tertiary/aromatic N) is 5. The molecule has 9 aromatic rings. The third kappa shape index (κ3) is 7.41. The molecule has 10 rings (SSSR count). The van der Waals surface area contributed by atoms with E-state index < -0.39 is 0 Å². The van der Waals surface area contributed by atoms with Crippen LogP contribution >= 0.6 is 0 Å². The molecule has 0 fully saturated rings. The number of para-hydroxylation sites is 2. The molecule has 1 aliphatic heterocycles. The first-order valence-corrected chi connectivity index (χ1v) is 19.6. The Morgan fingerprint density at radius 2 is 1.29 bits per heavy atom. The molecule has 0 amide bonds. The molecule has 292 valence electrons. The first-order chi connectivity index (χ1) is 28.4. The number of rotatable bonds is 8. The summed E-state index contributed by atoms with van der Waals surface area (Å²) >= 11 is 0. The molecule has 59 heavy (non-hydrogen) atoms. The van der Waals surface area contributed by atoms with E-state index in [1.807, 2.05) is 30.5 Å². The Labute approximate surface area is 359 Å². The summed E-state index contributed by atoms with van der Waals surface area (Å²) in [6, 6.07) is 64.1. The zero-order chi connectivity index (χ0) is 39.2. The quantitative estimate of drug-likeness (QED) is 0.142. The second-order valence-electron chi connectivity index (χ2n) is 15.7. The van der Waals surface area contributed by atoms with Gasteiger partial charge < -0.3 is 19.1 Å². The van der Waals surface area contributed by atoms with Crippen molar-refractivity contribution in [3.05, 3.63) is 200 Å². The van der Waals surface area contributed by atoms with E-state index >= 15 is 0 Å². The van der Waals surface area contributed by atoms with Gasteiger partial charge in [0, 0.05) is 67.6 Å². The van der Waals surface area contributed by atoms with E-state index in [1.54, 1.807) is 0 Å². The fraction of sp³-hybridized carbons (Fsp3) is 0.0962. The van der Waals surface area contributed by atoms with Gasteiger partial charge in [-0.15, -0.1) is 47.0 Å². The first kappa shape index (κ1) is 38.0. The van der Waals surface area contributed by atoms with E-state index in [1.165, 1.54) is 5.56 Å². The summed E-state index contributed by atoms with van der Waals surface area (Å²) in [5.41, 5.74) is 11.4. The van der Waals surface area contributed by atoms with Crippen LogP contribution in [0.5, 0.6) is 11.5 Å². The normalized spacial score (nSPS) is 12.5. The van der Waals surface area contributed by atoms with E-state index in [2.05, 4.69) is 193 Å². The van der Waals surface area contributed by atoms with Crippen LogP contribution in [0.25, 0.3) is 50.0 Å². The molecule has 0 radical (unpaired) electrons. The maximum Gasteiger partial charge on any atom is 0.232 e. The Morgan fingerprint density at radius 3 is 2.02 bits per heavy atom. The minimum Gasteiger partial charge on any atom is -0.509 e. The van der Waals surface area contributed by atoms with Crippen molar-refractivity contribution in [3.8, 4) is 39.7 Å². The largest absolute Gasteiger partial charge is 0.509 e. The molecule has 1 aliphatic rings. The number of hydrogen-bond donors (Lipinski definition) is 0. The number of fused-ring (bicyclic) bond motifs is 4. The van der Waals surface area contributed by atoms with Crippen molar-refractivity contribution in [1.29, 1.82) is 0 Å². The molecule has 0 unspecified atom stereocenters. The maximum absolute atomic E-state index is 6.80. The standard InChI is InChI=1S/C52H40N5O.Pt/c1-52(2,3)50-27-28-53-51(54-50)57-46-26-23-39(37-17-9-5-10-18-37)31-45(46)44-25-24-42(33-49(44)57)58-43-30-40(38-19-11-6-12-20-38)29-41(32-43)56-35-55(34-36-15-7-4-8-16-36)47-21-13-14-22-48(47)56;/h4-31,35H,34H2,1-3H3;/q-3;. The zero-order valence-electron chi connectivity index (χ0n) is 32.9. The summed E-state index contributed by atoms with van der Waals surface area (Å²) in [7, 11) is 0. The van der Waals surface area contributed by atoms with E-state index in [4.69, 9.17) is 14.7 Å². The molecular weight excluding hydrogens is 906 g/mol. The summed E-state index contributed by atoms with van der Waals surface area (Å²) in [6.07, 6.45) is 1.85. The molecule has 0 bridgehead atoms. The van der Waals surface area contributed by atoms with Gasteiger partial charge in [0.1, 0.15) is 0 Å². The van der Waals surface area contributed by atoms with Gasteiger partial charge in [-0.25, -0.2) is 9.97 Å². The van der Waals surface area contributed by atoms with Crippen LogP contribution in [-0.4, -0.2) is 14.5 Å². The summed E-state index contributed by atoms with van der Waals surface area (Å²) in [5, 5.41) is 2.13. The Morgan fingerprint density at radius 1 is 0.610 bits per heavy atom. The van der Waals surface area contributed by atoms with Gasteiger partial charge in [-0.1, -0.05) is 142 Å². The Bertz CT molecular complexity index is 2920. The third-order valence-electron chi connectivity index (χ3n) is 10.7. The van der Waals surface area contributed by atoms with Crippen LogP contribution in [0.1, 0.15) is 32.0 Å². The van der Waals surface area contributed by atoms with E-state index in [9.17, 15) is 0 Å². The minimum absolute atomic E-state index is 0. The number of aromatic nitrogens is 3. The van der Waals surface area contributed by atoms with Crippen LogP contribution in [0.3, 0.4) is 0 Å². The number of benzene rings is 7. The third-order valence-corrected chi connectivity index (χ3v) is 10.7. The van der Waals surface area contributed by atoms with Crippen molar-refractivity contribution in [1.82, 2.24) is 14.5 Å². The monoisotopic (exact) mass is 945 g/mol. The average Bonchev–Trinajstić information content (AvgIpc) is 3.79. The van der Waals surface area contributed by atoms with Crippen LogP contribution in [0.2, 0.25) is 0 Å². The van der Waals surface area contributed by atoms with Gasteiger partial charge in [-0.3, -0.25) is 0 Å². The topological polar surface area (TPSA) is 46.4 Å². The molecule has 0 spiro atoms. The summed E-state index contributed by atoms with van der Waals surface area (Å²) in [5.74, 6) is 1.74. The van der Waals surface area contributed by atoms with Crippen LogP contribution in [0.4, 0.5) is 17.1 Å². The molecule has 0 saturated heterocycles. The molecule has 3 heterocycles. The second-order valence-corrected chi connectivity index (χ2v) is 15.7. The SMILES string of the molecule is CC(C)(C)c1ccnc(-n2c3[c-]c(Oc4[c-]c(N5[CH-]N(Cc6ccccc6)c6ccccc65)cc(-c5ccccc5)c4)ccc3c3cc(-c4ccccc4)ccc32)n1.[Pt]. The fourth-order valence-corrected chi connectivity index (χ4v) is 7.78. The van der Waals surface area contributed by atoms with E-state index in [0.717, 1.165) is 73.4 Å². The molecule has 6 nitrogen and oxygen atoms in total. The Balaban J connectivity index is 0.00000449. The number of anilines is 3. The summed E-state index contributed by atoms with van der Waals surface area (Å²) in [4.78, 5) is 14.4. The van der Waals surface area contributed by atoms with Gasteiger partial charge in [0.15, 0.2) is 0 Å². The van der Waals surface area contributed by atoms with Crippen molar-refractivity contribution in [3.63, 3.8) is 0 Å². The molecule has 0 aliphatic carbocycles. The van der Waals surface area contributed by atoms with Crippen LogP contribution in [0.15, 0.2) is 170 Å². The molecule has 2 aromatic heterocycles. The predicted molar refractivity (Wildman–Crippen MR) is 236 cm³/mol.